The Labute approximate surface area is 138 Å². The van der Waals surface area contributed by atoms with Gasteiger partial charge in [0.2, 0.25) is 0 Å². The Hall–Kier alpha value is -1.08. The van der Waals surface area contributed by atoms with E-state index < -0.39 is 15.9 Å². The van der Waals surface area contributed by atoms with Crippen molar-refractivity contribution in [3.63, 3.8) is 0 Å². The van der Waals surface area contributed by atoms with Gasteiger partial charge in [0.25, 0.3) is 0 Å². The fourth-order valence-corrected chi connectivity index (χ4v) is 5.13. The van der Waals surface area contributed by atoms with Crippen molar-refractivity contribution >= 4 is 33.0 Å². The Balaban J connectivity index is 2.06. The molecule has 0 N–H and O–H groups in total. The fourth-order valence-electron chi connectivity index (χ4n) is 2.74. The van der Waals surface area contributed by atoms with Crippen molar-refractivity contribution in [1.82, 2.24) is 9.55 Å². The topological polar surface area (TPSA) is 61.2 Å². The van der Waals surface area contributed by atoms with E-state index in [2.05, 4.69) is 4.98 Å². The molecular weight excluding hydrogens is 347 g/mol. The predicted molar refractivity (Wildman–Crippen MR) is 86.2 cm³/mol. The first-order valence-electron chi connectivity index (χ1n) is 6.63. The lowest BCUT2D eigenvalue weighted by molar-refractivity contribution is 0.0892. The fraction of sp³-hybridized carbons (Fsp3) is 0.357. The maximum Gasteiger partial charge on any atom is 0.155 e. The van der Waals surface area contributed by atoms with Crippen LogP contribution >= 0.6 is 23.2 Å². The van der Waals surface area contributed by atoms with Gasteiger partial charge < -0.3 is 9.30 Å². The van der Waals surface area contributed by atoms with Crippen LogP contribution in [-0.4, -0.2) is 42.7 Å². The molecule has 0 saturated carbocycles. The summed E-state index contributed by atoms with van der Waals surface area (Å²) < 4.78 is 31.0. The van der Waals surface area contributed by atoms with Crippen LogP contribution in [0.5, 0.6) is 0 Å². The Morgan fingerprint density at radius 3 is 2.77 bits per heavy atom. The van der Waals surface area contributed by atoms with Gasteiger partial charge >= 0.3 is 0 Å². The summed E-state index contributed by atoms with van der Waals surface area (Å²) in [6, 6.07) is 4.81. The van der Waals surface area contributed by atoms with Crippen LogP contribution in [0.1, 0.15) is 6.04 Å². The molecule has 1 fully saturated rings. The molecule has 0 unspecified atom stereocenters. The average Bonchev–Trinajstić information content (AvgIpc) is 3.02. The van der Waals surface area contributed by atoms with Crippen LogP contribution in [0, 0.1) is 0 Å². The molecular formula is C14H14Cl2N2O3S. The second-order valence-electron chi connectivity index (χ2n) is 5.20. The van der Waals surface area contributed by atoms with E-state index in [-0.39, 0.29) is 17.5 Å². The molecule has 1 aliphatic rings. The van der Waals surface area contributed by atoms with Gasteiger partial charge in [-0.05, 0) is 18.2 Å². The van der Waals surface area contributed by atoms with Gasteiger partial charge in [0, 0.05) is 30.1 Å². The monoisotopic (exact) mass is 360 g/mol. The third kappa shape index (κ3) is 2.88. The summed E-state index contributed by atoms with van der Waals surface area (Å²) in [5.74, 6) is 0.644. The van der Waals surface area contributed by atoms with Gasteiger partial charge in [-0.25, -0.2) is 13.4 Å². The van der Waals surface area contributed by atoms with Crippen LogP contribution in [0.3, 0.4) is 0 Å². The lowest BCUT2D eigenvalue weighted by atomic mass is 10.1. The summed E-state index contributed by atoms with van der Waals surface area (Å²) in [6.45, 7) is 0. The van der Waals surface area contributed by atoms with E-state index in [0.717, 1.165) is 0 Å². The first-order valence-corrected chi connectivity index (χ1v) is 9.20. The third-order valence-electron chi connectivity index (χ3n) is 3.77. The second kappa shape index (κ2) is 5.85. The van der Waals surface area contributed by atoms with Crippen LogP contribution in [-0.2, 0) is 14.6 Å². The molecule has 0 bridgehead atoms. The van der Waals surface area contributed by atoms with Crippen LogP contribution < -0.4 is 0 Å². The standard InChI is InChI=1S/C14H14Cl2N2O3S/c1-21-13-8-22(19,20)7-12(13)18-5-4-17-14(18)10-3-2-9(15)6-11(10)16/h2-6,12-13H,7-8H2,1H3/t12-,13-/m1/s1. The summed E-state index contributed by atoms with van der Waals surface area (Å²) in [4.78, 5) is 4.32. The Bertz CT molecular complexity index is 804. The molecule has 22 heavy (non-hydrogen) atoms. The van der Waals surface area contributed by atoms with E-state index in [0.29, 0.717) is 21.4 Å². The Morgan fingerprint density at radius 1 is 1.32 bits per heavy atom. The number of methoxy groups -OCH3 is 1. The number of nitrogens with zero attached hydrogens (tertiary/aromatic N) is 2. The number of hydrogen-bond donors (Lipinski definition) is 0. The molecule has 2 aromatic rings. The number of imidazole rings is 1. The predicted octanol–water partition coefficient (Wildman–Crippen LogP) is 2.84. The van der Waals surface area contributed by atoms with Crippen molar-refractivity contribution in [3.8, 4) is 11.4 Å². The first-order chi connectivity index (χ1) is 10.4. The number of rotatable bonds is 3. The van der Waals surface area contributed by atoms with E-state index in [1.807, 2.05) is 4.57 Å². The Morgan fingerprint density at radius 2 is 2.09 bits per heavy atom. The molecule has 3 rings (SSSR count). The van der Waals surface area contributed by atoms with Gasteiger partial charge in [0.05, 0.1) is 28.7 Å². The molecule has 2 atom stereocenters. The van der Waals surface area contributed by atoms with Crippen molar-refractivity contribution in [1.29, 1.82) is 0 Å². The van der Waals surface area contributed by atoms with Crippen LogP contribution in [0.25, 0.3) is 11.4 Å². The minimum absolute atomic E-state index is 0.0140. The summed E-state index contributed by atoms with van der Waals surface area (Å²) in [5, 5.41) is 1.000. The molecule has 0 spiro atoms. The molecule has 0 radical (unpaired) electrons. The molecule has 0 amide bonds. The number of halogens is 2. The highest BCUT2D eigenvalue weighted by Gasteiger charge is 2.39. The highest BCUT2D eigenvalue weighted by atomic mass is 35.5. The van der Waals surface area contributed by atoms with Gasteiger partial charge in [-0.2, -0.15) is 0 Å². The van der Waals surface area contributed by atoms with Gasteiger partial charge in [0.1, 0.15) is 5.82 Å². The van der Waals surface area contributed by atoms with Crippen LogP contribution in [0.4, 0.5) is 0 Å². The van der Waals surface area contributed by atoms with E-state index >= 15 is 0 Å². The lowest BCUT2D eigenvalue weighted by Crippen LogP contribution is -2.24. The summed E-state index contributed by atoms with van der Waals surface area (Å²) in [6.07, 6.45) is 2.97. The third-order valence-corrected chi connectivity index (χ3v) is 6.01. The van der Waals surface area contributed by atoms with Gasteiger partial charge in [-0.1, -0.05) is 23.2 Å². The number of benzene rings is 1. The zero-order chi connectivity index (χ0) is 15.9. The number of hydrogen-bond acceptors (Lipinski definition) is 4. The first kappa shape index (κ1) is 15.8. The zero-order valence-electron chi connectivity index (χ0n) is 11.7. The molecule has 1 aromatic carbocycles. The maximum absolute atomic E-state index is 11.9. The highest BCUT2D eigenvalue weighted by Crippen LogP contribution is 2.34. The molecule has 5 nitrogen and oxygen atoms in total. The average molecular weight is 361 g/mol. The largest absolute Gasteiger partial charge is 0.378 e. The normalized spacial score (nSPS) is 23.8. The van der Waals surface area contributed by atoms with Gasteiger partial charge in [-0.15, -0.1) is 0 Å². The Kier molecular flexibility index (Phi) is 4.20. The molecule has 1 saturated heterocycles. The number of ether oxygens (including phenoxy) is 1. The molecule has 118 valence electrons. The van der Waals surface area contributed by atoms with E-state index in [9.17, 15) is 8.42 Å². The molecule has 0 aliphatic carbocycles. The zero-order valence-corrected chi connectivity index (χ0v) is 14.1. The van der Waals surface area contributed by atoms with Crippen molar-refractivity contribution in [2.75, 3.05) is 18.6 Å². The van der Waals surface area contributed by atoms with Crippen molar-refractivity contribution in [2.45, 2.75) is 12.1 Å². The summed E-state index contributed by atoms with van der Waals surface area (Å²) in [7, 11) is -1.61. The summed E-state index contributed by atoms with van der Waals surface area (Å²) in [5.41, 5.74) is 0.704. The van der Waals surface area contributed by atoms with Crippen molar-refractivity contribution < 1.29 is 13.2 Å². The van der Waals surface area contributed by atoms with Gasteiger partial charge in [-0.3, -0.25) is 0 Å². The number of aromatic nitrogens is 2. The SMILES string of the molecule is CO[C@@H]1CS(=O)(=O)C[C@H]1n1ccnc1-c1ccc(Cl)cc1Cl. The second-order valence-corrected chi connectivity index (χ2v) is 8.20. The molecule has 2 heterocycles. The van der Waals surface area contributed by atoms with Gasteiger partial charge in [0.15, 0.2) is 9.84 Å². The molecule has 1 aromatic heterocycles. The van der Waals surface area contributed by atoms with Crippen molar-refractivity contribution in [3.05, 3.63) is 40.6 Å². The van der Waals surface area contributed by atoms with E-state index in [1.54, 1.807) is 30.6 Å². The number of sulfone groups is 1. The summed E-state index contributed by atoms with van der Waals surface area (Å²) >= 11 is 12.2. The molecule has 8 heteroatoms. The maximum atomic E-state index is 11.9. The quantitative estimate of drug-likeness (QED) is 0.844. The minimum Gasteiger partial charge on any atom is -0.378 e. The highest BCUT2D eigenvalue weighted by molar-refractivity contribution is 7.91. The molecule has 1 aliphatic heterocycles. The van der Waals surface area contributed by atoms with Crippen LogP contribution in [0.15, 0.2) is 30.6 Å². The minimum atomic E-state index is -3.13. The smallest absolute Gasteiger partial charge is 0.155 e. The van der Waals surface area contributed by atoms with E-state index in [4.69, 9.17) is 27.9 Å². The van der Waals surface area contributed by atoms with Crippen LogP contribution in [0.2, 0.25) is 10.0 Å². The van der Waals surface area contributed by atoms with E-state index in [1.165, 1.54) is 7.11 Å². The van der Waals surface area contributed by atoms with Crippen molar-refractivity contribution in [2.24, 2.45) is 0 Å². The lowest BCUT2D eigenvalue weighted by Gasteiger charge is -2.20.